The van der Waals surface area contributed by atoms with Gasteiger partial charge in [0.15, 0.2) is 6.17 Å². The highest BCUT2D eigenvalue weighted by molar-refractivity contribution is 7.87. The van der Waals surface area contributed by atoms with E-state index in [2.05, 4.69) is 0 Å². The van der Waals surface area contributed by atoms with Crippen molar-refractivity contribution in [2.24, 2.45) is 0 Å². The van der Waals surface area contributed by atoms with Crippen LogP contribution in [-0.2, 0) is 10.1 Å². The quantitative estimate of drug-likeness (QED) is 0.410. The maximum Gasteiger partial charge on any atom is 0.435 e. The molecule has 1 heterocycles. The minimum Gasteiger partial charge on any atom is -0.351 e. The third-order valence-corrected chi connectivity index (χ3v) is 4.04. The summed E-state index contributed by atoms with van der Waals surface area (Å²) in [5.74, 6) is -5.85. The van der Waals surface area contributed by atoms with Crippen LogP contribution in [-0.4, -0.2) is 59.1 Å². The predicted octanol–water partition coefficient (Wildman–Crippen LogP) is 2.79. The SMILES string of the molecule is CCCN1C=CN(C(F)(F)C(F)F)C1C(F)(F)C(F)(F)S(=O)(=O)O. The summed E-state index contributed by atoms with van der Waals surface area (Å²) in [6.07, 6.45) is -7.57. The van der Waals surface area contributed by atoms with Crippen molar-refractivity contribution in [1.29, 1.82) is 0 Å². The Balaban J connectivity index is 3.46. The summed E-state index contributed by atoms with van der Waals surface area (Å²) in [5.41, 5.74) is 0. The fourth-order valence-corrected chi connectivity index (χ4v) is 2.46. The lowest BCUT2D eigenvalue weighted by Crippen LogP contribution is -2.65. The van der Waals surface area contributed by atoms with Gasteiger partial charge in [0.25, 0.3) is 0 Å². The van der Waals surface area contributed by atoms with Gasteiger partial charge in [-0.25, -0.2) is 8.78 Å². The maximum absolute atomic E-state index is 14.0. The van der Waals surface area contributed by atoms with Crippen LogP contribution in [0.5, 0.6) is 0 Å². The van der Waals surface area contributed by atoms with Crippen LogP contribution in [0.15, 0.2) is 12.4 Å². The lowest BCUT2D eigenvalue weighted by molar-refractivity contribution is -0.283. The lowest BCUT2D eigenvalue weighted by Gasteiger charge is -2.41. The molecule has 1 unspecified atom stereocenters. The number of nitrogens with zero attached hydrogens (tertiary/aromatic N) is 2. The largest absolute Gasteiger partial charge is 0.435 e. The van der Waals surface area contributed by atoms with E-state index in [0.717, 1.165) is 0 Å². The van der Waals surface area contributed by atoms with Gasteiger partial charge >= 0.3 is 33.8 Å². The minimum atomic E-state index is -6.72. The summed E-state index contributed by atoms with van der Waals surface area (Å²) in [7, 11) is -6.72. The Morgan fingerprint density at radius 3 is 2.00 bits per heavy atom. The van der Waals surface area contributed by atoms with Gasteiger partial charge in [-0.15, -0.1) is 0 Å². The standard InChI is InChI=1S/C10H12F8N2O3S/c1-2-3-19-4-5-20(9(15,16)6(11)12)7(19)8(13,14)10(17,18)24(21,22)23/h4-7H,2-3H2,1H3,(H,21,22,23). The van der Waals surface area contributed by atoms with Crippen molar-refractivity contribution >= 4 is 10.1 Å². The molecule has 0 aromatic rings. The van der Waals surface area contributed by atoms with Crippen LogP contribution in [0.3, 0.4) is 0 Å². The van der Waals surface area contributed by atoms with Gasteiger partial charge in [0.2, 0.25) is 0 Å². The van der Waals surface area contributed by atoms with Crippen molar-refractivity contribution in [2.75, 3.05) is 6.54 Å². The first kappa shape index (κ1) is 20.7. The molecule has 0 aromatic carbocycles. The smallest absolute Gasteiger partial charge is 0.351 e. The number of rotatable bonds is 7. The number of hydrogen-bond donors (Lipinski definition) is 1. The third kappa shape index (κ3) is 3.12. The molecule has 0 radical (unpaired) electrons. The van der Waals surface area contributed by atoms with E-state index in [1.807, 2.05) is 0 Å². The van der Waals surface area contributed by atoms with E-state index in [1.165, 1.54) is 6.92 Å². The summed E-state index contributed by atoms with van der Waals surface area (Å²) in [5, 5.41) is -6.20. The maximum atomic E-state index is 14.0. The molecule has 1 N–H and O–H groups in total. The Bertz CT molecular complexity index is 595. The molecule has 1 aliphatic rings. The second-order valence-electron chi connectivity index (χ2n) is 4.82. The number of alkyl halides is 8. The molecule has 0 aliphatic carbocycles. The van der Waals surface area contributed by atoms with Crippen molar-refractivity contribution < 1.29 is 48.1 Å². The van der Waals surface area contributed by atoms with E-state index in [1.54, 1.807) is 0 Å². The fraction of sp³-hybridized carbons (Fsp3) is 0.800. The highest BCUT2D eigenvalue weighted by Gasteiger charge is 2.74. The van der Waals surface area contributed by atoms with Crippen LogP contribution in [0.1, 0.15) is 13.3 Å². The van der Waals surface area contributed by atoms with Crippen molar-refractivity contribution in [3.05, 3.63) is 12.4 Å². The second-order valence-corrected chi connectivity index (χ2v) is 6.28. The van der Waals surface area contributed by atoms with E-state index in [9.17, 15) is 43.5 Å². The monoisotopic (exact) mass is 392 g/mol. The van der Waals surface area contributed by atoms with Crippen LogP contribution in [0.25, 0.3) is 0 Å². The van der Waals surface area contributed by atoms with Crippen molar-refractivity contribution in [3.63, 3.8) is 0 Å². The van der Waals surface area contributed by atoms with Crippen LogP contribution >= 0.6 is 0 Å². The highest BCUT2D eigenvalue weighted by Crippen LogP contribution is 2.47. The summed E-state index contributed by atoms with van der Waals surface area (Å²) < 4.78 is 136. The second kappa shape index (κ2) is 6.20. The van der Waals surface area contributed by atoms with Crippen molar-refractivity contribution in [3.8, 4) is 0 Å². The summed E-state index contributed by atoms with van der Waals surface area (Å²) in [6.45, 7) is 0.798. The zero-order valence-corrected chi connectivity index (χ0v) is 12.6. The van der Waals surface area contributed by atoms with Crippen LogP contribution in [0, 0.1) is 0 Å². The normalized spacial score (nSPS) is 20.4. The van der Waals surface area contributed by atoms with E-state index in [-0.39, 0.29) is 17.5 Å². The zero-order valence-electron chi connectivity index (χ0n) is 11.8. The van der Waals surface area contributed by atoms with Crippen LogP contribution in [0.2, 0.25) is 0 Å². The molecule has 0 aromatic heterocycles. The Labute approximate surface area is 131 Å². The zero-order chi connectivity index (χ0) is 19.1. The molecule has 142 valence electrons. The Kier molecular flexibility index (Phi) is 5.36. The van der Waals surface area contributed by atoms with E-state index >= 15 is 0 Å². The van der Waals surface area contributed by atoms with Gasteiger partial charge in [-0.3, -0.25) is 9.45 Å². The molecule has 24 heavy (non-hydrogen) atoms. The first-order valence-electron chi connectivity index (χ1n) is 6.23. The molecule has 14 heteroatoms. The number of halogens is 8. The highest BCUT2D eigenvalue weighted by atomic mass is 32.2. The number of hydrogen-bond acceptors (Lipinski definition) is 4. The van der Waals surface area contributed by atoms with Gasteiger partial charge in [0.05, 0.1) is 0 Å². The molecule has 0 fully saturated rings. The van der Waals surface area contributed by atoms with Gasteiger partial charge in [-0.1, -0.05) is 6.92 Å². The van der Waals surface area contributed by atoms with E-state index in [4.69, 9.17) is 4.55 Å². The molecule has 1 atom stereocenters. The molecule has 0 saturated carbocycles. The third-order valence-electron chi connectivity index (χ3n) is 3.12. The van der Waals surface area contributed by atoms with Gasteiger partial charge < -0.3 is 4.90 Å². The molecule has 0 bridgehead atoms. The molecule has 1 aliphatic heterocycles. The van der Waals surface area contributed by atoms with Crippen LogP contribution < -0.4 is 0 Å². The molecule has 0 saturated heterocycles. The molecule has 1 rings (SSSR count). The Morgan fingerprint density at radius 2 is 1.62 bits per heavy atom. The van der Waals surface area contributed by atoms with Gasteiger partial charge in [-0.05, 0) is 6.42 Å². The minimum absolute atomic E-state index is 0.0282. The molecule has 0 spiro atoms. The van der Waals surface area contributed by atoms with Gasteiger partial charge in [-0.2, -0.15) is 34.8 Å². The average Bonchev–Trinajstić information content (AvgIpc) is 2.82. The van der Waals surface area contributed by atoms with Crippen molar-refractivity contribution in [2.45, 2.75) is 43.2 Å². The average molecular weight is 392 g/mol. The molecule has 5 nitrogen and oxygen atoms in total. The van der Waals surface area contributed by atoms with Crippen molar-refractivity contribution in [1.82, 2.24) is 9.80 Å². The summed E-state index contributed by atoms with van der Waals surface area (Å²) >= 11 is 0. The molecule has 0 amide bonds. The van der Waals surface area contributed by atoms with Gasteiger partial charge in [0.1, 0.15) is 0 Å². The Hall–Kier alpha value is -1.31. The van der Waals surface area contributed by atoms with Crippen LogP contribution in [0.4, 0.5) is 35.1 Å². The topological polar surface area (TPSA) is 60.9 Å². The fourth-order valence-electron chi connectivity index (χ4n) is 2.02. The first-order valence-corrected chi connectivity index (χ1v) is 7.67. The predicted molar refractivity (Wildman–Crippen MR) is 64.2 cm³/mol. The first-order chi connectivity index (χ1) is 10.6. The van der Waals surface area contributed by atoms with Gasteiger partial charge in [0, 0.05) is 18.9 Å². The Morgan fingerprint density at radius 1 is 1.12 bits per heavy atom. The summed E-state index contributed by atoms with van der Waals surface area (Å²) in [6, 6.07) is -5.29. The molecular weight excluding hydrogens is 380 g/mol. The lowest BCUT2D eigenvalue weighted by atomic mass is 10.2. The van der Waals surface area contributed by atoms with E-state index < -0.39 is 51.4 Å². The molecular formula is C10H12F8N2O3S. The van der Waals surface area contributed by atoms with E-state index in [0.29, 0.717) is 6.20 Å². The summed E-state index contributed by atoms with van der Waals surface area (Å²) in [4.78, 5) is -0.887.